The third kappa shape index (κ3) is 2.84. The first-order valence-electron chi connectivity index (χ1n) is 5.87. The van der Waals surface area contributed by atoms with Gasteiger partial charge in [0.2, 0.25) is 0 Å². The highest BCUT2D eigenvalue weighted by atomic mass is 32.1. The molecule has 0 radical (unpaired) electrons. The number of carbonyl (C=O) groups is 2. The van der Waals surface area contributed by atoms with Crippen molar-refractivity contribution in [1.29, 1.82) is 0 Å². The molecule has 6 nitrogen and oxygen atoms in total. The number of carbonyl (C=O) groups excluding carboxylic acids is 2. The number of methoxy groups -OCH3 is 1. The maximum Gasteiger partial charge on any atom is 0.325 e. The molecular weight excluding hydrogens is 254 g/mol. The number of aromatic nitrogens is 2. The molecule has 18 heavy (non-hydrogen) atoms. The van der Waals surface area contributed by atoms with Gasteiger partial charge in [-0.05, 0) is 12.8 Å². The van der Waals surface area contributed by atoms with Crippen molar-refractivity contribution in [3.05, 3.63) is 11.9 Å². The van der Waals surface area contributed by atoms with Gasteiger partial charge in [-0.15, -0.1) is 0 Å². The second-order valence-corrected chi connectivity index (χ2v) is 4.80. The van der Waals surface area contributed by atoms with Crippen LogP contribution in [0.5, 0.6) is 0 Å². The van der Waals surface area contributed by atoms with E-state index in [1.807, 2.05) is 0 Å². The summed E-state index contributed by atoms with van der Waals surface area (Å²) in [6.45, 7) is -0.0163. The van der Waals surface area contributed by atoms with Crippen molar-refractivity contribution in [2.24, 2.45) is 0 Å². The fourth-order valence-electron chi connectivity index (χ4n) is 2.19. The smallest absolute Gasteiger partial charge is 0.325 e. The number of esters is 1. The summed E-state index contributed by atoms with van der Waals surface area (Å²) in [7, 11) is 1.32. The van der Waals surface area contributed by atoms with Gasteiger partial charge in [-0.2, -0.15) is 8.75 Å². The lowest BCUT2D eigenvalue weighted by atomic mass is 10.2. The van der Waals surface area contributed by atoms with Gasteiger partial charge >= 0.3 is 5.97 Å². The van der Waals surface area contributed by atoms with Crippen LogP contribution >= 0.6 is 11.7 Å². The van der Waals surface area contributed by atoms with E-state index in [0.29, 0.717) is 5.69 Å². The number of ether oxygens (including phenoxy) is 1. The van der Waals surface area contributed by atoms with Crippen LogP contribution in [0.3, 0.4) is 0 Å². The Kier molecular flexibility index (Phi) is 4.24. The minimum atomic E-state index is -0.404. The summed E-state index contributed by atoms with van der Waals surface area (Å²) >= 11 is 0.989. The normalized spacial score (nSPS) is 15.6. The van der Waals surface area contributed by atoms with E-state index in [1.165, 1.54) is 13.3 Å². The van der Waals surface area contributed by atoms with Crippen LogP contribution in [0, 0.1) is 0 Å². The predicted molar refractivity (Wildman–Crippen MR) is 65.2 cm³/mol. The highest BCUT2D eigenvalue weighted by Crippen LogP contribution is 2.24. The summed E-state index contributed by atoms with van der Waals surface area (Å²) in [6.07, 6.45) is 5.47. The second kappa shape index (κ2) is 5.90. The van der Waals surface area contributed by atoms with Gasteiger partial charge in [0, 0.05) is 6.04 Å². The molecule has 0 aliphatic heterocycles. The molecule has 1 aliphatic rings. The van der Waals surface area contributed by atoms with Crippen molar-refractivity contribution >= 4 is 23.6 Å². The molecule has 1 aromatic rings. The molecule has 98 valence electrons. The van der Waals surface area contributed by atoms with Gasteiger partial charge in [-0.1, -0.05) is 12.8 Å². The topological polar surface area (TPSA) is 72.4 Å². The number of hydrogen-bond acceptors (Lipinski definition) is 6. The molecule has 1 heterocycles. The summed E-state index contributed by atoms with van der Waals surface area (Å²) in [5, 5.41) is 0. The Labute approximate surface area is 109 Å². The molecule has 1 aliphatic carbocycles. The van der Waals surface area contributed by atoms with Gasteiger partial charge < -0.3 is 9.64 Å². The largest absolute Gasteiger partial charge is 0.468 e. The molecule has 0 N–H and O–H groups in total. The molecule has 0 saturated heterocycles. The van der Waals surface area contributed by atoms with Crippen LogP contribution in [-0.4, -0.2) is 45.2 Å². The van der Waals surface area contributed by atoms with E-state index in [1.54, 1.807) is 4.90 Å². The Morgan fingerprint density at radius 3 is 2.78 bits per heavy atom. The molecule has 0 unspecified atom stereocenters. The number of amides is 1. The van der Waals surface area contributed by atoms with Crippen molar-refractivity contribution in [3.63, 3.8) is 0 Å². The van der Waals surface area contributed by atoms with Crippen LogP contribution in [0.2, 0.25) is 0 Å². The highest BCUT2D eigenvalue weighted by molar-refractivity contribution is 6.99. The molecule has 0 atom stereocenters. The zero-order valence-corrected chi connectivity index (χ0v) is 11.0. The van der Waals surface area contributed by atoms with Gasteiger partial charge in [0.25, 0.3) is 5.91 Å². The van der Waals surface area contributed by atoms with E-state index in [4.69, 9.17) is 0 Å². The van der Waals surface area contributed by atoms with Crippen molar-refractivity contribution in [3.8, 4) is 0 Å². The Bertz CT molecular complexity index is 415. The molecule has 1 amide bonds. The summed E-state index contributed by atoms with van der Waals surface area (Å²) in [4.78, 5) is 25.2. The van der Waals surface area contributed by atoms with E-state index in [9.17, 15) is 9.59 Å². The van der Waals surface area contributed by atoms with E-state index in [-0.39, 0.29) is 18.5 Å². The van der Waals surface area contributed by atoms with E-state index in [0.717, 1.165) is 37.4 Å². The van der Waals surface area contributed by atoms with Gasteiger partial charge in [-0.3, -0.25) is 9.59 Å². The molecule has 1 fully saturated rings. The standard InChI is InChI=1S/C11H15N3O3S/c1-17-10(15)7-14(8-4-2-3-5-8)11(16)9-6-12-18-13-9/h6,8H,2-5,7H2,1H3. The van der Waals surface area contributed by atoms with Crippen molar-refractivity contribution in [1.82, 2.24) is 13.6 Å². The molecule has 1 saturated carbocycles. The first kappa shape index (κ1) is 12.9. The van der Waals surface area contributed by atoms with Crippen LogP contribution in [-0.2, 0) is 9.53 Å². The molecule has 0 aromatic carbocycles. The van der Waals surface area contributed by atoms with E-state index < -0.39 is 5.97 Å². The van der Waals surface area contributed by atoms with Gasteiger partial charge in [0.05, 0.1) is 25.0 Å². The quantitative estimate of drug-likeness (QED) is 0.765. The highest BCUT2D eigenvalue weighted by Gasteiger charge is 2.30. The van der Waals surface area contributed by atoms with Crippen LogP contribution in [0.25, 0.3) is 0 Å². The third-order valence-electron chi connectivity index (χ3n) is 3.13. The predicted octanol–water partition coefficient (Wildman–Crippen LogP) is 1.10. The summed E-state index contributed by atoms with van der Waals surface area (Å²) in [5.74, 6) is -0.639. The van der Waals surface area contributed by atoms with Crippen LogP contribution in [0.15, 0.2) is 6.20 Å². The van der Waals surface area contributed by atoms with Gasteiger partial charge in [0.1, 0.15) is 6.54 Å². The Morgan fingerprint density at radius 1 is 1.50 bits per heavy atom. The first-order chi connectivity index (χ1) is 8.72. The molecule has 0 bridgehead atoms. The summed E-state index contributed by atoms with van der Waals surface area (Å²) in [6, 6.07) is 0.110. The molecule has 1 aromatic heterocycles. The van der Waals surface area contributed by atoms with E-state index >= 15 is 0 Å². The molecule has 7 heteroatoms. The fraction of sp³-hybridized carbons (Fsp3) is 0.636. The van der Waals surface area contributed by atoms with Gasteiger partial charge in [0.15, 0.2) is 5.69 Å². The minimum Gasteiger partial charge on any atom is -0.468 e. The Hall–Kier alpha value is -1.50. The lowest BCUT2D eigenvalue weighted by molar-refractivity contribution is -0.141. The van der Waals surface area contributed by atoms with Crippen LogP contribution < -0.4 is 0 Å². The average molecular weight is 269 g/mol. The minimum absolute atomic E-state index is 0.0163. The number of hydrogen-bond donors (Lipinski definition) is 0. The molecule has 2 rings (SSSR count). The summed E-state index contributed by atoms with van der Waals surface area (Å²) in [5.41, 5.74) is 0.302. The monoisotopic (exact) mass is 269 g/mol. The lowest BCUT2D eigenvalue weighted by Crippen LogP contribution is -2.42. The fourth-order valence-corrected chi connectivity index (χ4v) is 2.60. The Morgan fingerprint density at radius 2 is 2.22 bits per heavy atom. The lowest BCUT2D eigenvalue weighted by Gasteiger charge is -2.26. The SMILES string of the molecule is COC(=O)CN(C(=O)c1cnsn1)C1CCCC1. The number of nitrogens with zero attached hydrogens (tertiary/aromatic N) is 3. The first-order valence-corrected chi connectivity index (χ1v) is 6.60. The van der Waals surface area contributed by atoms with E-state index in [2.05, 4.69) is 13.5 Å². The van der Waals surface area contributed by atoms with Crippen molar-refractivity contribution < 1.29 is 14.3 Å². The molecular formula is C11H15N3O3S. The maximum atomic E-state index is 12.3. The van der Waals surface area contributed by atoms with Crippen molar-refractivity contribution in [2.45, 2.75) is 31.7 Å². The maximum absolute atomic E-state index is 12.3. The average Bonchev–Trinajstić information content (AvgIpc) is 3.06. The van der Waals surface area contributed by atoms with Crippen molar-refractivity contribution in [2.75, 3.05) is 13.7 Å². The zero-order valence-electron chi connectivity index (χ0n) is 10.2. The van der Waals surface area contributed by atoms with Crippen LogP contribution in [0.1, 0.15) is 36.2 Å². The van der Waals surface area contributed by atoms with Crippen LogP contribution in [0.4, 0.5) is 0 Å². The third-order valence-corrected chi connectivity index (χ3v) is 3.61. The molecule has 0 spiro atoms. The number of rotatable bonds is 4. The van der Waals surface area contributed by atoms with Gasteiger partial charge in [-0.25, -0.2) is 0 Å². The second-order valence-electron chi connectivity index (χ2n) is 4.24. The zero-order chi connectivity index (χ0) is 13.0. The Balaban J connectivity index is 2.13. The summed E-state index contributed by atoms with van der Waals surface area (Å²) < 4.78 is 12.4.